The van der Waals surface area contributed by atoms with Crippen LogP contribution < -0.4 is 14.8 Å². The molecule has 5 N–H and O–H groups in total. The molecule has 184 valence electrons. The molecule has 0 saturated heterocycles. The highest BCUT2D eigenvalue weighted by Crippen LogP contribution is 2.48. The molecule has 1 aliphatic carbocycles. The van der Waals surface area contributed by atoms with Crippen LogP contribution in [0, 0.1) is 10.1 Å². The fourth-order valence-corrected chi connectivity index (χ4v) is 4.37. The number of nitrogens with one attached hydrogen (secondary N) is 1. The van der Waals surface area contributed by atoms with Gasteiger partial charge in [-0.1, -0.05) is 6.07 Å². The number of nitro groups is 1. The Balaban J connectivity index is 1.78. The maximum Gasteiger partial charge on any atom is 0.280 e. The van der Waals surface area contributed by atoms with Gasteiger partial charge in [0.1, 0.15) is 12.2 Å². The molecule has 2 aromatic carbocycles. The molecule has 2 amide bonds. The highest BCUT2D eigenvalue weighted by Gasteiger charge is 2.46. The van der Waals surface area contributed by atoms with Crippen LogP contribution in [0.3, 0.4) is 0 Å². The lowest BCUT2D eigenvalue weighted by molar-refractivity contribution is -0.384. The topological polar surface area (TPSA) is 201 Å². The first-order valence-electron chi connectivity index (χ1n) is 10.4. The van der Waals surface area contributed by atoms with Gasteiger partial charge in [-0.3, -0.25) is 19.7 Å². The molecule has 1 unspecified atom stereocenters. The summed E-state index contributed by atoms with van der Waals surface area (Å²) in [7, 11) is 0. The molecule has 2 aliphatic rings. The van der Waals surface area contributed by atoms with Crippen molar-refractivity contribution in [2.24, 2.45) is 4.99 Å². The molecule has 0 bridgehead atoms. The van der Waals surface area contributed by atoms with E-state index in [2.05, 4.69) is 17.0 Å². The minimum atomic E-state index is -1.71. The van der Waals surface area contributed by atoms with Gasteiger partial charge in [-0.25, -0.2) is 4.99 Å². The number of carbonyl (C=O) groups is 2. The number of ether oxygens (including phenoxy) is 2. The van der Waals surface area contributed by atoms with Crippen LogP contribution in [0.2, 0.25) is 0 Å². The van der Waals surface area contributed by atoms with Crippen LogP contribution in [0.15, 0.2) is 35.3 Å². The summed E-state index contributed by atoms with van der Waals surface area (Å²) in [6, 6.07) is 4.92. The number of aliphatic hydroxyl groups excluding tert-OH is 3. The molecule has 13 heteroatoms. The summed E-state index contributed by atoms with van der Waals surface area (Å²) >= 11 is 0. The largest absolute Gasteiger partial charge is 0.504 e. The summed E-state index contributed by atoms with van der Waals surface area (Å²) in [5, 5.41) is 55.7. The maximum absolute atomic E-state index is 12.9. The third kappa shape index (κ3) is 4.27. The summed E-state index contributed by atoms with van der Waals surface area (Å²) in [6.07, 6.45) is -5.05. The average Bonchev–Trinajstić information content (AvgIpc) is 3.33. The van der Waals surface area contributed by atoms with Crippen LogP contribution in [0.1, 0.15) is 38.6 Å². The first-order chi connectivity index (χ1) is 16.6. The Kier molecular flexibility index (Phi) is 6.39. The third-order valence-electron chi connectivity index (χ3n) is 6.08. The molecule has 35 heavy (non-hydrogen) atoms. The van der Waals surface area contributed by atoms with Gasteiger partial charge in [0.15, 0.2) is 11.5 Å². The van der Waals surface area contributed by atoms with Gasteiger partial charge in [-0.2, -0.15) is 0 Å². The van der Waals surface area contributed by atoms with Crippen molar-refractivity contribution in [1.82, 2.24) is 5.32 Å². The number of non-ortho nitro benzene ring substituents is 1. The molecule has 1 aliphatic heterocycles. The van der Waals surface area contributed by atoms with Gasteiger partial charge in [-0.15, -0.1) is 0 Å². The van der Waals surface area contributed by atoms with E-state index in [1.807, 2.05) is 0 Å². The van der Waals surface area contributed by atoms with Crippen molar-refractivity contribution in [3.8, 4) is 17.2 Å². The smallest absolute Gasteiger partial charge is 0.280 e. The fraction of sp³-hybridized carbons (Fsp3) is 0.318. The normalized spacial score (nSPS) is 25.1. The van der Waals surface area contributed by atoms with Crippen LogP contribution in [0.5, 0.6) is 17.2 Å². The number of benzene rings is 2. The number of amides is 2. The van der Waals surface area contributed by atoms with Crippen LogP contribution in [-0.2, 0) is 0 Å². The van der Waals surface area contributed by atoms with E-state index in [0.717, 1.165) is 6.07 Å². The highest BCUT2D eigenvalue weighted by molar-refractivity contribution is 6.02. The zero-order chi connectivity index (χ0) is 25.4. The number of phenolic OH excluding ortho intramolecular Hbond substituents is 1. The Hall–Kier alpha value is -4.07. The molecule has 0 aromatic heterocycles. The van der Waals surface area contributed by atoms with E-state index in [0.29, 0.717) is 0 Å². The lowest BCUT2D eigenvalue weighted by Crippen LogP contribution is -2.59. The van der Waals surface area contributed by atoms with Crippen LogP contribution in [0.4, 0.5) is 5.69 Å². The van der Waals surface area contributed by atoms with Crippen molar-refractivity contribution >= 4 is 24.2 Å². The molecule has 0 radical (unpaired) electrons. The van der Waals surface area contributed by atoms with Crippen molar-refractivity contribution in [2.75, 3.05) is 6.79 Å². The Morgan fingerprint density at radius 1 is 1.17 bits per heavy atom. The number of aromatic hydroxyl groups is 1. The Morgan fingerprint density at radius 3 is 2.60 bits per heavy atom. The number of carbonyl (C=O) groups excluding carboxylic acids is 2. The first-order valence-corrected chi connectivity index (χ1v) is 10.4. The van der Waals surface area contributed by atoms with Crippen LogP contribution in [0.25, 0.3) is 0 Å². The molecule has 4 rings (SSSR count). The van der Waals surface area contributed by atoms with Crippen molar-refractivity contribution in [2.45, 2.75) is 36.7 Å². The van der Waals surface area contributed by atoms with E-state index in [4.69, 9.17) is 9.47 Å². The van der Waals surface area contributed by atoms with Gasteiger partial charge in [0.25, 0.3) is 17.5 Å². The van der Waals surface area contributed by atoms with E-state index in [1.54, 1.807) is 0 Å². The van der Waals surface area contributed by atoms with Gasteiger partial charge in [0.05, 0.1) is 22.6 Å². The van der Waals surface area contributed by atoms with E-state index in [1.165, 1.54) is 24.3 Å². The minimum Gasteiger partial charge on any atom is -0.504 e. The van der Waals surface area contributed by atoms with E-state index >= 15 is 0 Å². The molecule has 0 spiro atoms. The second-order valence-corrected chi connectivity index (χ2v) is 8.08. The average molecular weight is 487 g/mol. The zero-order valence-electron chi connectivity index (χ0n) is 18.0. The number of hydrogen-bond acceptors (Lipinski definition) is 10. The number of aliphatic imine (C=N–C) groups is 1. The SMILES string of the molecule is C=NC(=O)c1c([C@@H]2C[C@H](O)[C@H](O)[C@@H](O)C2NC(=O)c2cccc([N+](=O)[O-])c2)cc2c(c1O)OCO2. The molecular weight excluding hydrogens is 466 g/mol. The summed E-state index contributed by atoms with van der Waals surface area (Å²) in [6.45, 7) is 2.95. The van der Waals surface area contributed by atoms with Crippen molar-refractivity contribution in [3.63, 3.8) is 0 Å². The number of rotatable bonds is 5. The van der Waals surface area contributed by atoms with E-state index in [9.17, 15) is 40.1 Å². The molecule has 1 saturated carbocycles. The van der Waals surface area contributed by atoms with Crippen LogP contribution in [-0.4, -0.2) is 75.0 Å². The van der Waals surface area contributed by atoms with Crippen molar-refractivity contribution in [1.29, 1.82) is 0 Å². The number of fused-ring (bicyclic) bond motifs is 1. The standard InChI is InChI=1S/C22H21N3O10/c1-23-22(31)15-11(7-14-20(18(15)28)35-8-34-14)12-6-13(26)17(27)19(29)16(12)24-21(30)9-3-2-4-10(5-9)25(32)33/h2-5,7,12-13,16-17,19,26-29H,1,6,8H2,(H,24,30)/t12-,13-,16?,17-,19-/m0/s1. The molecule has 5 atom stereocenters. The molecular formula is C22H21N3O10. The predicted octanol–water partition coefficient (Wildman–Crippen LogP) is 0.238. The van der Waals surface area contributed by atoms with Crippen LogP contribution >= 0.6 is 0 Å². The maximum atomic E-state index is 12.9. The molecule has 2 aromatic rings. The Morgan fingerprint density at radius 2 is 1.91 bits per heavy atom. The molecule has 13 nitrogen and oxygen atoms in total. The highest BCUT2D eigenvalue weighted by atomic mass is 16.7. The fourth-order valence-electron chi connectivity index (χ4n) is 4.37. The summed E-state index contributed by atoms with van der Waals surface area (Å²) in [4.78, 5) is 39.3. The quantitative estimate of drug-likeness (QED) is 0.221. The van der Waals surface area contributed by atoms with E-state index in [-0.39, 0.29) is 47.1 Å². The third-order valence-corrected chi connectivity index (χ3v) is 6.08. The van der Waals surface area contributed by atoms with Gasteiger partial charge in [-0.05, 0) is 30.8 Å². The Labute approximate surface area is 197 Å². The van der Waals surface area contributed by atoms with Gasteiger partial charge in [0, 0.05) is 23.6 Å². The summed E-state index contributed by atoms with van der Waals surface area (Å²) in [5.74, 6) is -3.40. The summed E-state index contributed by atoms with van der Waals surface area (Å²) in [5.41, 5.74) is -0.707. The predicted molar refractivity (Wildman–Crippen MR) is 118 cm³/mol. The molecule has 1 heterocycles. The monoisotopic (exact) mass is 487 g/mol. The number of aliphatic hydroxyl groups is 3. The van der Waals surface area contributed by atoms with E-state index < -0.39 is 52.8 Å². The van der Waals surface area contributed by atoms with Gasteiger partial charge in [0.2, 0.25) is 12.5 Å². The number of hydrogen-bond donors (Lipinski definition) is 5. The number of nitro benzene ring substituents is 1. The minimum absolute atomic E-state index is 0.0542. The number of nitrogens with zero attached hydrogens (tertiary/aromatic N) is 2. The van der Waals surface area contributed by atoms with Gasteiger partial charge >= 0.3 is 0 Å². The lowest BCUT2D eigenvalue weighted by atomic mass is 9.74. The first kappa shape index (κ1) is 24.1. The van der Waals surface area contributed by atoms with Gasteiger partial charge < -0.3 is 35.2 Å². The van der Waals surface area contributed by atoms with Crippen molar-refractivity contribution in [3.05, 3.63) is 57.1 Å². The molecule has 1 fully saturated rings. The van der Waals surface area contributed by atoms with Crippen molar-refractivity contribution < 1.29 is 44.4 Å². The zero-order valence-corrected chi connectivity index (χ0v) is 18.0. The summed E-state index contributed by atoms with van der Waals surface area (Å²) < 4.78 is 10.5. The lowest BCUT2D eigenvalue weighted by Gasteiger charge is -2.42. The second-order valence-electron chi connectivity index (χ2n) is 8.08. The second kappa shape index (κ2) is 9.29. The number of phenols is 1. The Bertz CT molecular complexity index is 1220.